The van der Waals surface area contributed by atoms with E-state index in [2.05, 4.69) is 15.6 Å². The predicted molar refractivity (Wildman–Crippen MR) is 80.6 cm³/mol. The van der Waals surface area contributed by atoms with Crippen LogP contribution in [-0.2, 0) is 11.3 Å². The molecule has 22 heavy (non-hydrogen) atoms. The van der Waals surface area contributed by atoms with Gasteiger partial charge in [0.1, 0.15) is 5.75 Å². The summed E-state index contributed by atoms with van der Waals surface area (Å²) in [7, 11) is 0. The molecule has 0 saturated heterocycles. The second kappa shape index (κ2) is 5.85. The number of ether oxygens (including phenoxy) is 1. The van der Waals surface area contributed by atoms with Gasteiger partial charge in [-0.15, -0.1) is 0 Å². The van der Waals surface area contributed by atoms with Gasteiger partial charge in [0, 0.05) is 24.5 Å². The number of anilines is 1. The van der Waals surface area contributed by atoms with Crippen molar-refractivity contribution in [2.75, 3.05) is 5.32 Å². The molecule has 0 fully saturated rings. The number of pyridine rings is 1. The molecule has 1 aromatic heterocycles. The zero-order valence-electron chi connectivity index (χ0n) is 12.0. The fourth-order valence-electron chi connectivity index (χ4n) is 2.15. The molecule has 0 spiro atoms. The summed E-state index contributed by atoms with van der Waals surface area (Å²) in [6.45, 7) is 2.06. The molecule has 2 amide bonds. The summed E-state index contributed by atoms with van der Waals surface area (Å²) >= 11 is 0. The minimum absolute atomic E-state index is 0.172. The van der Waals surface area contributed by atoms with Crippen molar-refractivity contribution in [3.63, 3.8) is 0 Å². The van der Waals surface area contributed by atoms with Crippen LogP contribution in [0.3, 0.4) is 0 Å². The van der Waals surface area contributed by atoms with Gasteiger partial charge >= 0.3 is 0 Å². The van der Waals surface area contributed by atoms with Crippen LogP contribution < -0.4 is 15.4 Å². The average Bonchev–Trinajstić information content (AvgIpc) is 2.54. The second-order valence-corrected chi connectivity index (χ2v) is 5.00. The molecule has 6 nitrogen and oxygen atoms in total. The monoisotopic (exact) mass is 297 g/mol. The van der Waals surface area contributed by atoms with E-state index in [1.165, 1.54) is 0 Å². The fourth-order valence-corrected chi connectivity index (χ4v) is 2.15. The van der Waals surface area contributed by atoms with Gasteiger partial charge in [0.05, 0.1) is 5.69 Å². The smallest absolute Gasteiger partial charge is 0.265 e. The van der Waals surface area contributed by atoms with Crippen molar-refractivity contribution in [1.82, 2.24) is 10.3 Å². The van der Waals surface area contributed by atoms with Crippen LogP contribution in [0, 0.1) is 0 Å². The molecule has 6 heteroatoms. The summed E-state index contributed by atoms with van der Waals surface area (Å²) < 4.78 is 5.49. The fraction of sp³-hybridized carbons (Fsp3) is 0.188. The van der Waals surface area contributed by atoms with Crippen LogP contribution in [0.5, 0.6) is 5.75 Å². The Kier molecular flexibility index (Phi) is 3.74. The minimum Gasteiger partial charge on any atom is -0.479 e. The molecule has 1 aliphatic rings. The Morgan fingerprint density at radius 1 is 1.32 bits per heavy atom. The molecule has 1 aromatic carbocycles. The third kappa shape index (κ3) is 2.90. The maximum atomic E-state index is 12.0. The highest BCUT2D eigenvalue weighted by molar-refractivity contribution is 5.97. The Bertz CT molecular complexity index is 716. The quantitative estimate of drug-likeness (QED) is 0.904. The molecule has 3 rings (SSSR count). The van der Waals surface area contributed by atoms with Crippen LogP contribution in [0.1, 0.15) is 22.8 Å². The van der Waals surface area contributed by atoms with E-state index in [0.29, 0.717) is 23.5 Å². The van der Waals surface area contributed by atoms with Gasteiger partial charge in [0.15, 0.2) is 6.10 Å². The lowest BCUT2D eigenvalue weighted by atomic mass is 10.1. The van der Waals surface area contributed by atoms with E-state index in [-0.39, 0.29) is 11.8 Å². The van der Waals surface area contributed by atoms with Crippen molar-refractivity contribution >= 4 is 17.5 Å². The number of nitrogens with one attached hydrogen (secondary N) is 2. The van der Waals surface area contributed by atoms with Crippen LogP contribution in [0.25, 0.3) is 0 Å². The molecule has 0 aliphatic carbocycles. The van der Waals surface area contributed by atoms with E-state index in [1.807, 2.05) is 6.07 Å². The standard InChI is InChI=1S/C16H15N3O3/c1-10-15(20)19-13-8-11(2-3-14(13)22-10)9-18-16(21)12-4-6-17-7-5-12/h2-8,10H,9H2,1H3,(H,18,21)(H,19,20). The molecule has 1 atom stereocenters. The number of fused-ring (bicyclic) bond motifs is 1. The Balaban J connectivity index is 1.68. The lowest BCUT2D eigenvalue weighted by molar-refractivity contribution is -0.122. The summed E-state index contributed by atoms with van der Waals surface area (Å²) in [5.74, 6) is 0.288. The van der Waals surface area contributed by atoms with Gasteiger partial charge in [-0.3, -0.25) is 14.6 Å². The SMILES string of the molecule is CC1Oc2ccc(CNC(=O)c3ccncc3)cc2NC1=O. The summed E-state index contributed by atoms with van der Waals surface area (Å²) in [4.78, 5) is 27.4. The lowest BCUT2D eigenvalue weighted by Gasteiger charge is -2.23. The molecule has 0 radical (unpaired) electrons. The second-order valence-electron chi connectivity index (χ2n) is 5.00. The maximum Gasteiger partial charge on any atom is 0.265 e. The third-order valence-electron chi connectivity index (χ3n) is 3.37. The van der Waals surface area contributed by atoms with Gasteiger partial charge in [-0.05, 0) is 36.8 Å². The van der Waals surface area contributed by atoms with Crippen molar-refractivity contribution in [2.24, 2.45) is 0 Å². The third-order valence-corrected chi connectivity index (χ3v) is 3.37. The summed E-state index contributed by atoms with van der Waals surface area (Å²) in [5.41, 5.74) is 2.05. The van der Waals surface area contributed by atoms with Gasteiger partial charge in [-0.25, -0.2) is 0 Å². The number of benzene rings is 1. The minimum atomic E-state index is -0.496. The van der Waals surface area contributed by atoms with Crippen LogP contribution in [-0.4, -0.2) is 22.9 Å². The van der Waals surface area contributed by atoms with Crippen molar-refractivity contribution in [3.8, 4) is 5.75 Å². The molecule has 0 saturated carbocycles. The zero-order valence-corrected chi connectivity index (χ0v) is 12.0. The van der Waals surface area contributed by atoms with Crippen molar-refractivity contribution in [2.45, 2.75) is 19.6 Å². The van der Waals surface area contributed by atoms with Gasteiger partial charge in [0.2, 0.25) is 0 Å². The van der Waals surface area contributed by atoms with E-state index < -0.39 is 6.10 Å². The Labute approximate surface area is 127 Å². The molecule has 2 aromatic rings. The molecule has 112 valence electrons. The van der Waals surface area contributed by atoms with Crippen molar-refractivity contribution in [3.05, 3.63) is 53.9 Å². The molecular formula is C16H15N3O3. The maximum absolute atomic E-state index is 12.0. The Morgan fingerprint density at radius 2 is 2.09 bits per heavy atom. The number of carbonyl (C=O) groups excluding carboxylic acids is 2. The van der Waals surface area contributed by atoms with Crippen LogP contribution in [0.4, 0.5) is 5.69 Å². The first-order chi connectivity index (χ1) is 10.6. The Morgan fingerprint density at radius 3 is 2.86 bits per heavy atom. The number of nitrogens with zero attached hydrogens (tertiary/aromatic N) is 1. The molecule has 1 unspecified atom stereocenters. The van der Waals surface area contributed by atoms with E-state index >= 15 is 0 Å². The van der Waals surface area contributed by atoms with E-state index in [4.69, 9.17) is 4.74 Å². The molecular weight excluding hydrogens is 282 g/mol. The number of carbonyl (C=O) groups is 2. The zero-order chi connectivity index (χ0) is 15.5. The van der Waals surface area contributed by atoms with Gasteiger partial charge in [0.25, 0.3) is 11.8 Å². The topological polar surface area (TPSA) is 80.3 Å². The van der Waals surface area contributed by atoms with E-state index in [9.17, 15) is 9.59 Å². The summed E-state index contributed by atoms with van der Waals surface area (Å²) in [6.07, 6.45) is 2.65. The normalized spacial score (nSPS) is 16.2. The predicted octanol–water partition coefficient (Wildman–Crippen LogP) is 1.73. The first kappa shape index (κ1) is 14.1. The van der Waals surface area contributed by atoms with Crippen LogP contribution >= 0.6 is 0 Å². The number of amides is 2. The first-order valence-electron chi connectivity index (χ1n) is 6.92. The van der Waals surface area contributed by atoms with Crippen LogP contribution in [0.15, 0.2) is 42.7 Å². The first-order valence-corrected chi connectivity index (χ1v) is 6.92. The van der Waals surface area contributed by atoms with Crippen molar-refractivity contribution < 1.29 is 14.3 Å². The van der Waals surface area contributed by atoms with Crippen molar-refractivity contribution in [1.29, 1.82) is 0 Å². The lowest BCUT2D eigenvalue weighted by Crippen LogP contribution is -2.34. The highest BCUT2D eigenvalue weighted by atomic mass is 16.5. The summed E-state index contributed by atoms with van der Waals surface area (Å²) in [6, 6.07) is 8.75. The number of rotatable bonds is 3. The summed E-state index contributed by atoms with van der Waals surface area (Å²) in [5, 5.41) is 5.61. The highest BCUT2D eigenvalue weighted by Crippen LogP contribution is 2.30. The van der Waals surface area contributed by atoms with Crippen LogP contribution in [0.2, 0.25) is 0 Å². The molecule has 2 heterocycles. The van der Waals surface area contributed by atoms with Gasteiger partial charge in [-0.2, -0.15) is 0 Å². The number of hydrogen-bond donors (Lipinski definition) is 2. The molecule has 2 N–H and O–H groups in total. The van der Waals surface area contributed by atoms with Gasteiger partial charge in [-0.1, -0.05) is 6.07 Å². The number of hydrogen-bond acceptors (Lipinski definition) is 4. The largest absolute Gasteiger partial charge is 0.479 e. The van der Waals surface area contributed by atoms with E-state index in [0.717, 1.165) is 5.56 Å². The van der Waals surface area contributed by atoms with Gasteiger partial charge < -0.3 is 15.4 Å². The Hall–Kier alpha value is -2.89. The molecule has 0 bridgehead atoms. The average molecular weight is 297 g/mol. The highest BCUT2D eigenvalue weighted by Gasteiger charge is 2.23. The molecule has 1 aliphatic heterocycles. The number of aromatic nitrogens is 1. The van der Waals surface area contributed by atoms with E-state index in [1.54, 1.807) is 43.6 Å².